The second-order valence-electron chi connectivity index (χ2n) is 2.70. The molecular weight excluding hydrogens is 206 g/mol. The molecule has 0 bridgehead atoms. The summed E-state index contributed by atoms with van der Waals surface area (Å²) >= 11 is 5.63. The lowest BCUT2D eigenvalue weighted by molar-refractivity contribution is -0.384. The quantitative estimate of drug-likeness (QED) is 0.441. The molecule has 4 nitrogen and oxygen atoms in total. The lowest BCUT2D eigenvalue weighted by atomic mass is 10.1. The summed E-state index contributed by atoms with van der Waals surface area (Å²) in [6, 6.07) is 3.98. The molecule has 0 fully saturated rings. The fourth-order valence-electron chi connectivity index (χ4n) is 1.03. The highest BCUT2D eigenvalue weighted by Crippen LogP contribution is 2.25. The van der Waals surface area contributed by atoms with Crippen molar-refractivity contribution in [1.29, 1.82) is 0 Å². The van der Waals surface area contributed by atoms with Gasteiger partial charge in [0.15, 0.2) is 5.78 Å². The van der Waals surface area contributed by atoms with Gasteiger partial charge >= 0.3 is 0 Å². The smallest absolute Gasteiger partial charge is 0.287 e. The number of carbonyl (C=O) groups excluding carboxylic acids is 1. The predicted molar refractivity (Wildman–Crippen MR) is 52.7 cm³/mol. The van der Waals surface area contributed by atoms with Crippen LogP contribution in [0.15, 0.2) is 18.2 Å². The maximum atomic E-state index is 11.2. The molecule has 0 aliphatic carbocycles. The van der Waals surface area contributed by atoms with Gasteiger partial charge < -0.3 is 0 Å². The molecule has 0 saturated heterocycles. The number of ketones is 1. The van der Waals surface area contributed by atoms with Crippen molar-refractivity contribution in [1.82, 2.24) is 0 Å². The van der Waals surface area contributed by atoms with Gasteiger partial charge in [0.25, 0.3) is 5.69 Å². The summed E-state index contributed by atoms with van der Waals surface area (Å²) in [7, 11) is 0. The summed E-state index contributed by atoms with van der Waals surface area (Å²) in [5.74, 6) is -0.0817. The first-order chi connectivity index (χ1) is 6.56. The molecule has 0 spiro atoms. The average molecular weight is 214 g/mol. The molecule has 0 heterocycles. The molecule has 0 N–H and O–H groups in total. The Morgan fingerprint density at radius 2 is 2.21 bits per heavy atom. The maximum absolute atomic E-state index is 11.2. The molecule has 0 aliphatic heterocycles. The number of rotatable bonds is 3. The van der Waals surface area contributed by atoms with Gasteiger partial charge in [-0.05, 0) is 12.1 Å². The first kappa shape index (κ1) is 10.7. The van der Waals surface area contributed by atoms with Crippen LogP contribution in [0.2, 0.25) is 5.02 Å². The van der Waals surface area contributed by atoms with Gasteiger partial charge in [0.05, 0.1) is 4.92 Å². The molecule has 1 aromatic rings. The largest absolute Gasteiger partial charge is 0.294 e. The third kappa shape index (κ3) is 2.09. The minimum atomic E-state index is -0.581. The van der Waals surface area contributed by atoms with E-state index in [2.05, 4.69) is 0 Å². The maximum Gasteiger partial charge on any atom is 0.287 e. The molecule has 0 atom stereocenters. The number of halogens is 1. The molecule has 0 aliphatic rings. The van der Waals surface area contributed by atoms with Gasteiger partial charge in [-0.1, -0.05) is 18.5 Å². The fourth-order valence-corrected chi connectivity index (χ4v) is 1.28. The van der Waals surface area contributed by atoms with Gasteiger partial charge in [-0.25, -0.2) is 0 Å². The van der Waals surface area contributed by atoms with E-state index >= 15 is 0 Å². The minimum Gasteiger partial charge on any atom is -0.294 e. The van der Waals surface area contributed by atoms with Crippen molar-refractivity contribution in [2.75, 3.05) is 0 Å². The molecule has 14 heavy (non-hydrogen) atoms. The van der Waals surface area contributed by atoms with Crippen LogP contribution in [-0.4, -0.2) is 10.7 Å². The van der Waals surface area contributed by atoms with Crippen molar-refractivity contribution in [2.45, 2.75) is 13.3 Å². The normalized spacial score (nSPS) is 9.86. The van der Waals surface area contributed by atoms with E-state index in [4.69, 9.17) is 11.6 Å². The number of Topliss-reactive ketones (excluding diaryl/α,β-unsaturated/α-hetero) is 1. The van der Waals surface area contributed by atoms with Gasteiger partial charge in [0.2, 0.25) is 0 Å². The summed E-state index contributed by atoms with van der Waals surface area (Å²) in [6.07, 6.45) is 0.355. The summed E-state index contributed by atoms with van der Waals surface area (Å²) in [5.41, 5.74) is 0.224. The SMILES string of the molecule is CCC(=O)c1ccc([N+](=O)[O-])c(Cl)c1. The van der Waals surface area contributed by atoms with E-state index in [9.17, 15) is 14.9 Å². The van der Waals surface area contributed by atoms with Crippen molar-refractivity contribution >= 4 is 23.1 Å². The molecule has 0 amide bonds. The monoisotopic (exact) mass is 213 g/mol. The number of nitro benzene ring substituents is 1. The summed E-state index contributed by atoms with van der Waals surface area (Å²) in [5, 5.41) is 10.4. The van der Waals surface area contributed by atoms with E-state index in [-0.39, 0.29) is 16.5 Å². The van der Waals surface area contributed by atoms with Crippen LogP contribution < -0.4 is 0 Å². The van der Waals surface area contributed by atoms with Gasteiger partial charge in [-0.2, -0.15) is 0 Å². The Kier molecular flexibility index (Phi) is 3.19. The molecule has 74 valence electrons. The average Bonchev–Trinajstić information content (AvgIpc) is 2.15. The van der Waals surface area contributed by atoms with Gasteiger partial charge in [0, 0.05) is 18.1 Å². The third-order valence-corrected chi connectivity index (χ3v) is 2.09. The van der Waals surface area contributed by atoms with Crippen LogP contribution in [0.4, 0.5) is 5.69 Å². The third-order valence-electron chi connectivity index (χ3n) is 1.79. The molecule has 1 rings (SSSR count). The zero-order valence-corrected chi connectivity index (χ0v) is 8.25. The highest BCUT2D eigenvalue weighted by Gasteiger charge is 2.13. The van der Waals surface area contributed by atoms with Crippen LogP contribution >= 0.6 is 11.6 Å². The highest BCUT2D eigenvalue weighted by atomic mass is 35.5. The number of carbonyl (C=O) groups is 1. The van der Waals surface area contributed by atoms with Crippen LogP contribution in [0.1, 0.15) is 23.7 Å². The molecule has 0 unspecified atom stereocenters. The molecule has 5 heteroatoms. The van der Waals surface area contributed by atoms with Gasteiger partial charge in [-0.3, -0.25) is 14.9 Å². The molecule has 0 saturated carbocycles. The summed E-state index contributed by atoms with van der Waals surface area (Å²) in [6.45, 7) is 1.72. The lowest BCUT2D eigenvalue weighted by Crippen LogP contribution is -1.97. The van der Waals surface area contributed by atoms with Crippen molar-refractivity contribution in [3.8, 4) is 0 Å². The van der Waals surface area contributed by atoms with E-state index < -0.39 is 4.92 Å². The van der Waals surface area contributed by atoms with E-state index in [0.29, 0.717) is 12.0 Å². The Labute approximate surface area is 85.6 Å². The highest BCUT2D eigenvalue weighted by molar-refractivity contribution is 6.33. The first-order valence-corrected chi connectivity index (χ1v) is 4.41. The number of nitrogens with zero attached hydrogens (tertiary/aromatic N) is 1. The number of hydrogen-bond acceptors (Lipinski definition) is 3. The van der Waals surface area contributed by atoms with Crippen molar-refractivity contribution in [2.24, 2.45) is 0 Å². The number of benzene rings is 1. The van der Waals surface area contributed by atoms with Crippen molar-refractivity contribution < 1.29 is 9.72 Å². The van der Waals surface area contributed by atoms with Crippen molar-refractivity contribution in [3.63, 3.8) is 0 Å². The van der Waals surface area contributed by atoms with Crippen molar-refractivity contribution in [3.05, 3.63) is 38.9 Å². The van der Waals surface area contributed by atoms with E-state index in [1.165, 1.54) is 18.2 Å². The van der Waals surface area contributed by atoms with E-state index in [1.54, 1.807) is 6.92 Å². The van der Waals surface area contributed by atoms with E-state index in [0.717, 1.165) is 0 Å². The van der Waals surface area contributed by atoms with E-state index in [1.807, 2.05) is 0 Å². The second kappa shape index (κ2) is 4.19. The fraction of sp³-hybridized carbons (Fsp3) is 0.222. The Bertz CT molecular complexity index is 390. The van der Waals surface area contributed by atoms with Gasteiger partial charge in [0.1, 0.15) is 5.02 Å². The first-order valence-electron chi connectivity index (χ1n) is 4.03. The van der Waals surface area contributed by atoms with Crippen LogP contribution in [0.25, 0.3) is 0 Å². The Balaban J connectivity index is 3.12. The zero-order chi connectivity index (χ0) is 10.7. The topological polar surface area (TPSA) is 60.2 Å². The van der Waals surface area contributed by atoms with Crippen LogP contribution in [0.3, 0.4) is 0 Å². The Morgan fingerprint density at radius 1 is 1.57 bits per heavy atom. The predicted octanol–water partition coefficient (Wildman–Crippen LogP) is 2.84. The zero-order valence-electron chi connectivity index (χ0n) is 7.49. The molecule has 0 radical (unpaired) electrons. The van der Waals surface area contributed by atoms with Gasteiger partial charge in [-0.15, -0.1) is 0 Å². The Morgan fingerprint density at radius 3 is 2.64 bits per heavy atom. The second-order valence-corrected chi connectivity index (χ2v) is 3.11. The van der Waals surface area contributed by atoms with Crippen LogP contribution in [0, 0.1) is 10.1 Å². The number of nitro groups is 1. The number of hydrogen-bond donors (Lipinski definition) is 0. The summed E-state index contributed by atoms with van der Waals surface area (Å²) < 4.78 is 0. The standard InChI is InChI=1S/C9H8ClNO3/c1-2-9(12)6-3-4-8(11(13)14)7(10)5-6/h3-5H,2H2,1H3. The van der Waals surface area contributed by atoms with Crippen LogP contribution in [0.5, 0.6) is 0 Å². The summed E-state index contributed by atoms with van der Waals surface area (Å²) in [4.78, 5) is 21.0. The molecule has 0 aromatic heterocycles. The van der Waals surface area contributed by atoms with Crippen LogP contribution in [-0.2, 0) is 0 Å². The minimum absolute atomic E-state index is 0.00528. The molecular formula is C9H8ClNO3. The lowest BCUT2D eigenvalue weighted by Gasteiger charge is -1.99. The Hall–Kier alpha value is -1.42. The molecule has 1 aromatic carbocycles.